The van der Waals surface area contributed by atoms with Gasteiger partial charge in [-0.05, 0) is 43.9 Å². The van der Waals surface area contributed by atoms with E-state index in [2.05, 4.69) is 23.9 Å². The molecule has 5 heteroatoms. The van der Waals surface area contributed by atoms with Crippen molar-refractivity contribution in [1.82, 2.24) is 0 Å². The Morgan fingerprint density at radius 3 is 2.55 bits per heavy atom. The van der Waals surface area contributed by atoms with Crippen molar-refractivity contribution in [3.05, 3.63) is 12.2 Å². The number of hydrogen-bond acceptors (Lipinski definition) is 4. The second-order valence-electron chi connectivity index (χ2n) is 6.25. The average molecular weight is 328 g/mol. The molecular formula is C17H28O4S. The maximum Gasteiger partial charge on any atom is 0.303 e. The molecule has 2 bridgehead atoms. The average Bonchev–Trinajstić information content (AvgIpc) is 3.09. The van der Waals surface area contributed by atoms with Gasteiger partial charge in [-0.3, -0.25) is 4.79 Å². The molecule has 2 fully saturated rings. The molecule has 0 aliphatic carbocycles. The van der Waals surface area contributed by atoms with Crippen LogP contribution in [0.25, 0.3) is 0 Å². The highest BCUT2D eigenvalue weighted by molar-refractivity contribution is 8.01. The fourth-order valence-electron chi connectivity index (χ4n) is 3.78. The van der Waals surface area contributed by atoms with Gasteiger partial charge in [0.15, 0.2) is 6.29 Å². The van der Waals surface area contributed by atoms with E-state index in [-0.39, 0.29) is 12.7 Å². The smallest absolute Gasteiger partial charge is 0.303 e. The van der Waals surface area contributed by atoms with Crippen molar-refractivity contribution in [2.45, 2.75) is 61.7 Å². The summed E-state index contributed by atoms with van der Waals surface area (Å²) in [5, 5.41) is 10.2. The molecule has 2 saturated heterocycles. The van der Waals surface area contributed by atoms with Gasteiger partial charge in [-0.1, -0.05) is 12.2 Å². The first kappa shape index (κ1) is 17.8. The van der Waals surface area contributed by atoms with Gasteiger partial charge in [0.25, 0.3) is 0 Å². The van der Waals surface area contributed by atoms with Gasteiger partial charge in [0, 0.05) is 37.6 Å². The van der Waals surface area contributed by atoms with Crippen molar-refractivity contribution in [3.8, 4) is 0 Å². The number of fused-ring (bicyclic) bond motifs is 2. The molecule has 0 radical (unpaired) electrons. The number of carboxylic acids is 1. The van der Waals surface area contributed by atoms with Crippen LogP contribution in [0.15, 0.2) is 12.2 Å². The van der Waals surface area contributed by atoms with Crippen molar-refractivity contribution in [2.24, 2.45) is 11.8 Å². The normalized spacial score (nSPS) is 30.7. The molecule has 0 spiro atoms. The van der Waals surface area contributed by atoms with Gasteiger partial charge in [-0.15, -0.1) is 0 Å². The molecule has 4 atom stereocenters. The third-order valence-corrected chi connectivity index (χ3v) is 6.79. The molecule has 0 unspecified atom stereocenters. The van der Waals surface area contributed by atoms with E-state index in [9.17, 15) is 4.79 Å². The summed E-state index contributed by atoms with van der Waals surface area (Å²) < 4.78 is 10.8. The minimum absolute atomic E-state index is 0.0907. The predicted molar refractivity (Wildman–Crippen MR) is 89.0 cm³/mol. The van der Waals surface area contributed by atoms with E-state index in [1.54, 1.807) is 14.2 Å². The molecule has 126 valence electrons. The van der Waals surface area contributed by atoms with Gasteiger partial charge in [-0.25, -0.2) is 0 Å². The Hall–Kier alpha value is -0.520. The van der Waals surface area contributed by atoms with E-state index in [0.717, 1.165) is 36.2 Å². The summed E-state index contributed by atoms with van der Waals surface area (Å²) in [5.41, 5.74) is 0. The minimum Gasteiger partial charge on any atom is -0.481 e. The van der Waals surface area contributed by atoms with Gasteiger partial charge < -0.3 is 14.6 Å². The number of carbonyl (C=O) groups is 1. The number of thioether (sulfide) groups is 1. The maximum absolute atomic E-state index is 10.5. The Kier molecular flexibility index (Phi) is 7.25. The zero-order chi connectivity index (χ0) is 15.9. The van der Waals surface area contributed by atoms with Crippen molar-refractivity contribution in [1.29, 1.82) is 0 Å². The zero-order valence-corrected chi connectivity index (χ0v) is 14.4. The van der Waals surface area contributed by atoms with Crippen molar-refractivity contribution in [3.63, 3.8) is 0 Å². The molecule has 2 aliphatic rings. The van der Waals surface area contributed by atoms with Gasteiger partial charge in [0.2, 0.25) is 0 Å². The highest BCUT2D eigenvalue weighted by Crippen LogP contribution is 2.55. The van der Waals surface area contributed by atoms with E-state index in [1.165, 1.54) is 12.8 Å². The molecule has 2 aliphatic heterocycles. The highest BCUT2D eigenvalue weighted by Gasteiger charge is 2.48. The van der Waals surface area contributed by atoms with Crippen LogP contribution >= 0.6 is 11.8 Å². The molecule has 2 heterocycles. The van der Waals surface area contributed by atoms with Gasteiger partial charge in [-0.2, -0.15) is 11.8 Å². The third kappa shape index (κ3) is 4.74. The second-order valence-corrected chi connectivity index (χ2v) is 7.73. The molecule has 0 saturated carbocycles. The quantitative estimate of drug-likeness (QED) is 0.376. The molecular weight excluding hydrogens is 300 g/mol. The minimum atomic E-state index is -0.705. The predicted octanol–water partition coefficient (Wildman–Crippen LogP) is 3.71. The SMILES string of the molecule is COC(C[C@@H]1[C@H](CC=CCCCC(=O)O)[C@@H]2CC[C@H]1S2)OC. The molecule has 1 N–H and O–H groups in total. The number of aliphatic carboxylic acids is 1. The lowest BCUT2D eigenvalue weighted by Gasteiger charge is -2.31. The Bertz CT molecular complexity index is 381. The van der Waals surface area contributed by atoms with Gasteiger partial charge >= 0.3 is 5.97 Å². The maximum atomic E-state index is 10.5. The standard InChI is InChI=1S/C17H28O4S/c1-20-17(21-2)11-13-12(14-9-10-15(13)22-14)7-5-3-4-6-8-16(18)19/h3,5,12-15,17H,4,6-11H2,1-2H3,(H,18,19)/t12-,13+,14-,15+/m0/s1. The van der Waals surface area contributed by atoms with Crippen LogP contribution in [0.3, 0.4) is 0 Å². The van der Waals surface area contributed by atoms with Crippen LogP contribution in [0.1, 0.15) is 44.9 Å². The van der Waals surface area contributed by atoms with Crippen LogP contribution in [0, 0.1) is 11.8 Å². The number of carboxylic acid groups (broad SMARTS) is 1. The van der Waals surface area contributed by atoms with Gasteiger partial charge in [0.05, 0.1) is 0 Å². The first-order chi connectivity index (χ1) is 10.7. The van der Waals surface area contributed by atoms with Crippen LogP contribution in [-0.2, 0) is 14.3 Å². The lowest BCUT2D eigenvalue weighted by atomic mass is 9.75. The summed E-state index contributed by atoms with van der Waals surface area (Å²) in [6.45, 7) is 0. The van der Waals surface area contributed by atoms with Gasteiger partial charge in [0.1, 0.15) is 0 Å². The van der Waals surface area contributed by atoms with E-state index < -0.39 is 5.97 Å². The van der Waals surface area contributed by atoms with Crippen molar-refractivity contribution >= 4 is 17.7 Å². The number of methoxy groups -OCH3 is 2. The van der Waals surface area contributed by atoms with Crippen LogP contribution in [0.2, 0.25) is 0 Å². The topological polar surface area (TPSA) is 55.8 Å². The summed E-state index contributed by atoms with van der Waals surface area (Å²) in [6, 6.07) is 0. The van der Waals surface area contributed by atoms with Crippen molar-refractivity contribution < 1.29 is 19.4 Å². The first-order valence-corrected chi connectivity index (χ1v) is 9.17. The summed E-state index contributed by atoms with van der Waals surface area (Å²) in [5.74, 6) is 0.688. The summed E-state index contributed by atoms with van der Waals surface area (Å²) >= 11 is 2.16. The summed E-state index contributed by atoms with van der Waals surface area (Å²) in [7, 11) is 3.43. The van der Waals surface area contributed by atoms with E-state index in [4.69, 9.17) is 14.6 Å². The fraction of sp³-hybridized carbons (Fsp3) is 0.824. The summed E-state index contributed by atoms with van der Waals surface area (Å²) in [6.07, 6.45) is 10.9. The van der Waals surface area contributed by atoms with E-state index in [1.807, 2.05) is 0 Å². The number of unbranched alkanes of at least 4 members (excludes halogenated alkanes) is 1. The van der Waals surface area contributed by atoms with Crippen molar-refractivity contribution in [2.75, 3.05) is 14.2 Å². The molecule has 0 amide bonds. The molecule has 0 aromatic rings. The number of ether oxygens (including phenoxy) is 2. The molecule has 0 aromatic heterocycles. The monoisotopic (exact) mass is 328 g/mol. The number of allylic oxidation sites excluding steroid dienone is 2. The van der Waals surface area contributed by atoms with Crippen LogP contribution < -0.4 is 0 Å². The fourth-order valence-corrected chi connectivity index (χ4v) is 5.80. The van der Waals surface area contributed by atoms with Crippen LogP contribution in [0.5, 0.6) is 0 Å². The number of hydrogen-bond donors (Lipinski definition) is 1. The Labute approximate surface area is 137 Å². The largest absolute Gasteiger partial charge is 0.481 e. The Morgan fingerprint density at radius 2 is 1.91 bits per heavy atom. The lowest BCUT2D eigenvalue weighted by molar-refractivity contribution is -0.137. The molecule has 2 rings (SSSR count). The molecule has 22 heavy (non-hydrogen) atoms. The second kappa shape index (κ2) is 8.94. The summed E-state index contributed by atoms with van der Waals surface area (Å²) in [4.78, 5) is 10.5. The third-order valence-electron chi connectivity index (χ3n) is 4.92. The van der Waals surface area contributed by atoms with Crippen LogP contribution in [0.4, 0.5) is 0 Å². The van der Waals surface area contributed by atoms with Crippen LogP contribution in [-0.4, -0.2) is 42.1 Å². The Morgan fingerprint density at radius 1 is 1.23 bits per heavy atom. The highest BCUT2D eigenvalue weighted by atomic mass is 32.2. The first-order valence-electron chi connectivity index (χ1n) is 8.23. The lowest BCUT2D eigenvalue weighted by Crippen LogP contribution is -2.31. The number of rotatable bonds is 10. The van der Waals surface area contributed by atoms with E-state index >= 15 is 0 Å². The molecule has 0 aromatic carbocycles. The zero-order valence-electron chi connectivity index (χ0n) is 13.6. The molecule has 4 nitrogen and oxygen atoms in total. The Balaban J connectivity index is 1.80. The van der Waals surface area contributed by atoms with E-state index in [0.29, 0.717) is 11.8 Å².